The SMILES string of the molecule is C[C@H](NC(=O)/C=C\c1ccc(F)cc1)c1ccc(F)c(N2CCOCC2)c1. The van der Waals surface area contributed by atoms with Crippen LogP contribution in [0.5, 0.6) is 0 Å². The van der Waals surface area contributed by atoms with E-state index in [9.17, 15) is 13.6 Å². The summed E-state index contributed by atoms with van der Waals surface area (Å²) < 4.78 is 32.4. The summed E-state index contributed by atoms with van der Waals surface area (Å²) in [6, 6.07) is 10.5. The Bertz CT molecular complexity index is 815. The van der Waals surface area contributed by atoms with E-state index in [1.54, 1.807) is 30.3 Å². The van der Waals surface area contributed by atoms with Crippen molar-refractivity contribution in [2.45, 2.75) is 13.0 Å². The monoisotopic (exact) mass is 372 g/mol. The number of benzene rings is 2. The van der Waals surface area contributed by atoms with Crippen LogP contribution in [0.3, 0.4) is 0 Å². The van der Waals surface area contributed by atoms with Crippen molar-refractivity contribution in [2.75, 3.05) is 31.2 Å². The molecule has 0 radical (unpaired) electrons. The van der Waals surface area contributed by atoms with E-state index in [1.807, 2.05) is 11.8 Å². The molecule has 1 atom stereocenters. The Morgan fingerprint density at radius 1 is 1.15 bits per heavy atom. The van der Waals surface area contributed by atoms with Gasteiger partial charge in [0.2, 0.25) is 5.91 Å². The summed E-state index contributed by atoms with van der Waals surface area (Å²) in [5.74, 6) is -0.878. The van der Waals surface area contributed by atoms with E-state index in [0.29, 0.717) is 32.0 Å². The Labute approximate surface area is 157 Å². The minimum Gasteiger partial charge on any atom is -0.378 e. The first-order valence-corrected chi connectivity index (χ1v) is 8.89. The van der Waals surface area contributed by atoms with E-state index in [2.05, 4.69) is 5.32 Å². The summed E-state index contributed by atoms with van der Waals surface area (Å²) >= 11 is 0. The molecule has 2 aromatic rings. The van der Waals surface area contributed by atoms with Crippen LogP contribution in [0.4, 0.5) is 14.5 Å². The molecule has 1 amide bonds. The molecule has 2 aromatic carbocycles. The third-order valence-corrected chi connectivity index (χ3v) is 4.48. The topological polar surface area (TPSA) is 41.6 Å². The lowest BCUT2D eigenvalue weighted by Crippen LogP contribution is -2.37. The van der Waals surface area contributed by atoms with Crippen LogP contribution in [0.25, 0.3) is 6.08 Å². The van der Waals surface area contributed by atoms with Crippen molar-refractivity contribution in [1.82, 2.24) is 5.32 Å². The molecule has 142 valence electrons. The lowest BCUT2D eigenvalue weighted by atomic mass is 10.1. The number of rotatable bonds is 5. The summed E-state index contributed by atoms with van der Waals surface area (Å²) in [7, 11) is 0. The maximum Gasteiger partial charge on any atom is 0.244 e. The van der Waals surface area contributed by atoms with E-state index in [1.165, 1.54) is 24.3 Å². The maximum atomic E-state index is 14.2. The second kappa shape index (κ2) is 8.77. The molecule has 4 nitrogen and oxygen atoms in total. The zero-order valence-corrected chi connectivity index (χ0v) is 15.1. The first kappa shape index (κ1) is 19.0. The lowest BCUT2D eigenvalue weighted by molar-refractivity contribution is -0.117. The van der Waals surface area contributed by atoms with E-state index < -0.39 is 0 Å². The molecule has 0 bridgehead atoms. The highest BCUT2D eigenvalue weighted by Crippen LogP contribution is 2.25. The molecule has 0 saturated carbocycles. The number of nitrogens with one attached hydrogen (secondary N) is 1. The number of morpholine rings is 1. The summed E-state index contributed by atoms with van der Waals surface area (Å²) in [6.07, 6.45) is 3.02. The third kappa shape index (κ3) is 5.14. The van der Waals surface area contributed by atoms with Gasteiger partial charge in [-0.2, -0.15) is 0 Å². The molecule has 0 spiro atoms. The molecule has 0 aromatic heterocycles. The predicted molar refractivity (Wildman–Crippen MR) is 101 cm³/mol. The van der Waals surface area contributed by atoms with Gasteiger partial charge in [-0.3, -0.25) is 4.79 Å². The first-order chi connectivity index (χ1) is 13.0. The zero-order chi connectivity index (χ0) is 19.2. The molecule has 1 heterocycles. The Morgan fingerprint density at radius 3 is 2.56 bits per heavy atom. The first-order valence-electron chi connectivity index (χ1n) is 8.89. The van der Waals surface area contributed by atoms with Crippen LogP contribution in [0.15, 0.2) is 48.5 Å². The Hall–Kier alpha value is -2.73. The van der Waals surface area contributed by atoms with Crippen LogP contribution in [0, 0.1) is 11.6 Å². The Balaban J connectivity index is 1.65. The van der Waals surface area contributed by atoms with E-state index in [0.717, 1.165) is 11.1 Å². The maximum absolute atomic E-state index is 14.2. The van der Waals surface area contributed by atoms with Crippen molar-refractivity contribution < 1.29 is 18.3 Å². The van der Waals surface area contributed by atoms with Gasteiger partial charge < -0.3 is 15.0 Å². The largest absolute Gasteiger partial charge is 0.378 e. The van der Waals surface area contributed by atoms with Crippen molar-refractivity contribution in [1.29, 1.82) is 0 Å². The number of ether oxygens (including phenoxy) is 1. The average molecular weight is 372 g/mol. The Kier molecular flexibility index (Phi) is 6.19. The number of carbonyl (C=O) groups is 1. The quantitative estimate of drug-likeness (QED) is 0.814. The van der Waals surface area contributed by atoms with Crippen LogP contribution in [-0.2, 0) is 9.53 Å². The van der Waals surface area contributed by atoms with Crippen LogP contribution in [-0.4, -0.2) is 32.2 Å². The molecule has 1 aliphatic rings. The molecule has 1 fully saturated rings. The van der Waals surface area contributed by atoms with Gasteiger partial charge in [0, 0.05) is 19.2 Å². The van der Waals surface area contributed by atoms with Crippen molar-refractivity contribution in [3.05, 3.63) is 71.3 Å². The fourth-order valence-electron chi connectivity index (χ4n) is 2.94. The number of hydrogen-bond donors (Lipinski definition) is 1. The van der Waals surface area contributed by atoms with Crippen LogP contribution in [0.1, 0.15) is 24.1 Å². The predicted octanol–water partition coefficient (Wildman–Crippen LogP) is 3.69. The van der Waals surface area contributed by atoms with Crippen molar-refractivity contribution in [3.63, 3.8) is 0 Å². The highest BCUT2D eigenvalue weighted by atomic mass is 19.1. The fourth-order valence-corrected chi connectivity index (χ4v) is 2.94. The summed E-state index contributed by atoms with van der Waals surface area (Å²) in [5, 5.41) is 2.86. The number of hydrogen-bond acceptors (Lipinski definition) is 3. The third-order valence-electron chi connectivity index (χ3n) is 4.48. The molecule has 1 N–H and O–H groups in total. The van der Waals surface area contributed by atoms with Gasteiger partial charge in [0.1, 0.15) is 11.6 Å². The molecule has 6 heteroatoms. The molecular weight excluding hydrogens is 350 g/mol. The zero-order valence-electron chi connectivity index (χ0n) is 15.1. The van der Waals surface area contributed by atoms with Gasteiger partial charge in [-0.25, -0.2) is 8.78 Å². The van der Waals surface area contributed by atoms with E-state index in [-0.39, 0.29) is 23.6 Å². The lowest BCUT2D eigenvalue weighted by Gasteiger charge is -2.29. The van der Waals surface area contributed by atoms with Gasteiger partial charge in [-0.15, -0.1) is 0 Å². The number of nitrogens with zero attached hydrogens (tertiary/aromatic N) is 1. The minimum absolute atomic E-state index is 0.274. The van der Waals surface area contributed by atoms with Gasteiger partial charge in [-0.05, 0) is 48.4 Å². The standard InChI is InChI=1S/C21H22F2N2O2/c1-15(24-21(26)9-4-16-2-6-18(22)7-3-16)17-5-8-19(23)20(14-17)25-10-12-27-13-11-25/h2-9,14-15H,10-13H2,1H3,(H,24,26)/b9-4-/t15-/m0/s1. The fraction of sp³-hybridized carbons (Fsp3) is 0.286. The number of anilines is 1. The van der Waals surface area contributed by atoms with Crippen LogP contribution < -0.4 is 10.2 Å². The smallest absolute Gasteiger partial charge is 0.244 e. The van der Waals surface area contributed by atoms with Gasteiger partial charge in [0.15, 0.2) is 0 Å². The molecular formula is C21H22F2N2O2. The summed E-state index contributed by atoms with van der Waals surface area (Å²) in [5.41, 5.74) is 2.08. The number of carbonyl (C=O) groups excluding carboxylic acids is 1. The normalized spacial score (nSPS) is 15.7. The second-order valence-electron chi connectivity index (χ2n) is 6.43. The van der Waals surface area contributed by atoms with E-state index >= 15 is 0 Å². The summed E-state index contributed by atoms with van der Waals surface area (Å²) in [4.78, 5) is 14.1. The molecule has 1 aliphatic heterocycles. The van der Waals surface area contributed by atoms with Crippen molar-refractivity contribution in [3.8, 4) is 0 Å². The number of amides is 1. The van der Waals surface area contributed by atoms with Crippen molar-refractivity contribution in [2.24, 2.45) is 0 Å². The molecule has 1 saturated heterocycles. The highest BCUT2D eigenvalue weighted by Gasteiger charge is 2.17. The average Bonchev–Trinajstić information content (AvgIpc) is 2.68. The molecule has 27 heavy (non-hydrogen) atoms. The van der Waals surface area contributed by atoms with Crippen molar-refractivity contribution >= 4 is 17.7 Å². The van der Waals surface area contributed by atoms with Gasteiger partial charge in [0.25, 0.3) is 0 Å². The second-order valence-corrected chi connectivity index (χ2v) is 6.43. The molecule has 0 aliphatic carbocycles. The number of halogens is 2. The van der Waals surface area contributed by atoms with Gasteiger partial charge >= 0.3 is 0 Å². The molecule has 0 unspecified atom stereocenters. The van der Waals surface area contributed by atoms with Gasteiger partial charge in [-0.1, -0.05) is 18.2 Å². The van der Waals surface area contributed by atoms with E-state index in [4.69, 9.17) is 4.74 Å². The van der Waals surface area contributed by atoms with Gasteiger partial charge in [0.05, 0.1) is 24.9 Å². The minimum atomic E-state index is -0.322. The van der Waals surface area contributed by atoms with Crippen LogP contribution >= 0.6 is 0 Å². The highest BCUT2D eigenvalue weighted by molar-refractivity contribution is 5.92. The Morgan fingerprint density at radius 2 is 1.85 bits per heavy atom. The van der Waals surface area contributed by atoms with Crippen LogP contribution in [0.2, 0.25) is 0 Å². The molecule has 3 rings (SSSR count). The summed E-state index contributed by atoms with van der Waals surface area (Å²) in [6.45, 7) is 4.28.